The summed E-state index contributed by atoms with van der Waals surface area (Å²) in [6, 6.07) is 6.49. The Labute approximate surface area is 105 Å². The molecule has 0 aliphatic heterocycles. The minimum atomic E-state index is 0.919. The standard InChI is InChI=1S/C11H10Br2S/c1-2-8-11(13)10-7(6-12)4-3-5-9(10)14-8/h3-5H,2,6H2,1H3. The van der Waals surface area contributed by atoms with E-state index >= 15 is 0 Å². The van der Waals surface area contributed by atoms with Crippen molar-refractivity contribution in [3.8, 4) is 0 Å². The van der Waals surface area contributed by atoms with Crippen molar-refractivity contribution in [1.82, 2.24) is 0 Å². The molecular formula is C11H10Br2S. The average Bonchev–Trinajstić information content (AvgIpc) is 2.55. The molecule has 0 aliphatic carbocycles. The van der Waals surface area contributed by atoms with Crippen LogP contribution in [0, 0.1) is 0 Å². The molecule has 0 nitrogen and oxygen atoms in total. The Kier molecular flexibility index (Phi) is 3.30. The summed E-state index contributed by atoms with van der Waals surface area (Å²) in [5.41, 5.74) is 1.37. The van der Waals surface area contributed by atoms with Crippen molar-refractivity contribution in [1.29, 1.82) is 0 Å². The van der Waals surface area contributed by atoms with Gasteiger partial charge in [0.1, 0.15) is 0 Å². The lowest BCUT2D eigenvalue weighted by Crippen LogP contribution is -1.78. The fourth-order valence-electron chi connectivity index (χ4n) is 1.57. The molecule has 0 amide bonds. The number of alkyl halides is 1. The maximum atomic E-state index is 3.69. The monoisotopic (exact) mass is 332 g/mol. The Morgan fingerprint density at radius 1 is 1.36 bits per heavy atom. The fraction of sp³-hybridized carbons (Fsp3) is 0.273. The van der Waals surface area contributed by atoms with E-state index in [4.69, 9.17) is 0 Å². The van der Waals surface area contributed by atoms with E-state index < -0.39 is 0 Å². The second-order valence-corrected chi connectivity index (χ2v) is 5.61. The third-order valence-corrected chi connectivity index (χ3v) is 5.32. The van der Waals surface area contributed by atoms with Gasteiger partial charge in [-0.2, -0.15) is 0 Å². The number of fused-ring (bicyclic) bond motifs is 1. The van der Waals surface area contributed by atoms with Crippen molar-refractivity contribution in [3.63, 3.8) is 0 Å². The largest absolute Gasteiger partial charge is 0.139 e. The number of hydrogen-bond acceptors (Lipinski definition) is 1. The second kappa shape index (κ2) is 4.33. The predicted molar refractivity (Wildman–Crippen MR) is 71.5 cm³/mol. The van der Waals surface area contributed by atoms with Gasteiger partial charge in [-0.15, -0.1) is 11.3 Å². The number of aryl methyl sites for hydroxylation is 1. The van der Waals surface area contributed by atoms with Crippen LogP contribution < -0.4 is 0 Å². The van der Waals surface area contributed by atoms with Gasteiger partial charge >= 0.3 is 0 Å². The Hall–Kier alpha value is 0.140. The zero-order valence-electron chi connectivity index (χ0n) is 7.81. The minimum Gasteiger partial charge on any atom is -0.139 e. The number of benzene rings is 1. The molecule has 0 unspecified atom stereocenters. The van der Waals surface area contributed by atoms with Gasteiger partial charge in [-0.3, -0.25) is 0 Å². The molecule has 1 heterocycles. The van der Waals surface area contributed by atoms with Gasteiger partial charge in [0.15, 0.2) is 0 Å². The molecule has 0 N–H and O–H groups in total. The Morgan fingerprint density at radius 2 is 2.14 bits per heavy atom. The first-order valence-electron chi connectivity index (χ1n) is 4.52. The highest BCUT2D eigenvalue weighted by Crippen LogP contribution is 2.38. The zero-order valence-corrected chi connectivity index (χ0v) is 11.8. The smallest absolute Gasteiger partial charge is 0.0396 e. The van der Waals surface area contributed by atoms with Crippen LogP contribution in [0.4, 0.5) is 0 Å². The summed E-state index contributed by atoms with van der Waals surface area (Å²) < 4.78 is 2.67. The van der Waals surface area contributed by atoms with E-state index in [1.54, 1.807) is 0 Å². The van der Waals surface area contributed by atoms with Crippen molar-refractivity contribution in [3.05, 3.63) is 33.1 Å². The first-order valence-corrected chi connectivity index (χ1v) is 7.25. The van der Waals surface area contributed by atoms with Crippen LogP contribution in [-0.4, -0.2) is 0 Å². The normalized spacial score (nSPS) is 11.1. The van der Waals surface area contributed by atoms with E-state index in [0.29, 0.717) is 0 Å². The molecule has 2 aromatic rings. The first kappa shape index (κ1) is 10.7. The Bertz CT molecular complexity index is 460. The van der Waals surface area contributed by atoms with Gasteiger partial charge in [0.2, 0.25) is 0 Å². The lowest BCUT2D eigenvalue weighted by atomic mass is 10.1. The second-order valence-electron chi connectivity index (χ2n) is 3.12. The maximum absolute atomic E-state index is 3.69. The summed E-state index contributed by atoms with van der Waals surface area (Å²) in [6.45, 7) is 2.20. The van der Waals surface area contributed by atoms with Crippen LogP contribution in [0.5, 0.6) is 0 Å². The minimum absolute atomic E-state index is 0.919. The predicted octanol–water partition coefficient (Wildman–Crippen LogP) is 5.12. The Morgan fingerprint density at radius 3 is 2.79 bits per heavy atom. The van der Waals surface area contributed by atoms with Gasteiger partial charge in [-0.1, -0.05) is 35.0 Å². The van der Waals surface area contributed by atoms with Crippen LogP contribution in [0.15, 0.2) is 22.7 Å². The number of hydrogen-bond donors (Lipinski definition) is 0. The molecule has 0 fully saturated rings. The van der Waals surface area contributed by atoms with Gasteiger partial charge in [0.05, 0.1) is 0 Å². The third kappa shape index (κ3) is 1.66. The van der Waals surface area contributed by atoms with Gasteiger partial charge in [-0.05, 0) is 34.0 Å². The summed E-state index contributed by atoms with van der Waals surface area (Å²) in [4.78, 5) is 1.44. The highest BCUT2D eigenvalue weighted by atomic mass is 79.9. The zero-order chi connectivity index (χ0) is 10.1. The molecule has 1 aromatic heterocycles. The van der Waals surface area contributed by atoms with Crippen LogP contribution >= 0.6 is 43.2 Å². The van der Waals surface area contributed by atoms with Gasteiger partial charge < -0.3 is 0 Å². The van der Waals surface area contributed by atoms with Crippen LogP contribution in [0.3, 0.4) is 0 Å². The third-order valence-electron chi connectivity index (χ3n) is 2.28. The highest BCUT2D eigenvalue weighted by Gasteiger charge is 2.10. The van der Waals surface area contributed by atoms with E-state index in [-0.39, 0.29) is 0 Å². The van der Waals surface area contributed by atoms with Crippen molar-refractivity contribution >= 4 is 53.3 Å². The molecule has 0 aliphatic rings. The molecular weight excluding hydrogens is 324 g/mol. The molecule has 0 spiro atoms. The van der Waals surface area contributed by atoms with Gasteiger partial charge in [-0.25, -0.2) is 0 Å². The summed E-state index contributed by atoms with van der Waals surface area (Å²) >= 11 is 9.11. The molecule has 14 heavy (non-hydrogen) atoms. The van der Waals surface area contributed by atoms with E-state index in [1.807, 2.05) is 11.3 Å². The van der Waals surface area contributed by atoms with Crippen molar-refractivity contribution in [2.24, 2.45) is 0 Å². The molecule has 74 valence electrons. The number of thiophene rings is 1. The quantitative estimate of drug-likeness (QED) is 0.669. The number of halogens is 2. The molecule has 1 aromatic carbocycles. The molecule has 3 heteroatoms. The average molecular weight is 334 g/mol. The summed E-state index contributed by atoms with van der Waals surface area (Å²) in [6.07, 6.45) is 1.10. The maximum Gasteiger partial charge on any atom is 0.0396 e. The molecule has 0 saturated carbocycles. The summed E-state index contributed by atoms with van der Waals surface area (Å²) in [7, 11) is 0. The summed E-state index contributed by atoms with van der Waals surface area (Å²) in [5, 5.41) is 2.30. The molecule has 0 radical (unpaired) electrons. The molecule has 0 saturated heterocycles. The Balaban J connectivity index is 2.79. The van der Waals surface area contributed by atoms with E-state index in [2.05, 4.69) is 57.0 Å². The van der Waals surface area contributed by atoms with Gasteiger partial charge in [0, 0.05) is 24.8 Å². The molecule has 2 rings (SSSR count). The van der Waals surface area contributed by atoms with Crippen LogP contribution in [0.1, 0.15) is 17.4 Å². The lowest BCUT2D eigenvalue weighted by molar-refractivity contribution is 1.18. The molecule has 0 bridgehead atoms. The van der Waals surface area contributed by atoms with E-state index in [1.165, 1.54) is 25.0 Å². The van der Waals surface area contributed by atoms with Crippen LogP contribution in [-0.2, 0) is 11.8 Å². The van der Waals surface area contributed by atoms with Crippen LogP contribution in [0.2, 0.25) is 0 Å². The van der Waals surface area contributed by atoms with Gasteiger partial charge in [0.25, 0.3) is 0 Å². The fourth-order valence-corrected chi connectivity index (χ4v) is 4.24. The lowest BCUT2D eigenvalue weighted by Gasteiger charge is -1.98. The summed E-state index contributed by atoms with van der Waals surface area (Å²) in [5.74, 6) is 0. The highest BCUT2D eigenvalue weighted by molar-refractivity contribution is 9.10. The van der Waals surface area contributed by atoms with Crippen LogP contribution in [0.25, 0.3) is 10.1 Å². The van der Waals surface area contributed by atoms with Crippen molar-refractivity contribution in [2.75, 3.05) is 0 Å². The van der Waals surface area contributed by atoms with E-state index in [9.17, 15) is 0 Å². The van der Waals surface area contributed by atoms with E-state index in [0.717, 1.165) is 11.8 Å². The first-order chi connectivity index (χ1) is 6.77. The SMILES string of the molecule is CCc1sc2cccc(CBr)c2c1Br. The van der Waals surface area contributed by atoms with Crippen molar-refractivity contribution in [2.45, 2.75) is 18.7 Å². The topological polar surface area (TPSA) is 0 Å². The van der Waals surface area contributed by atoms with Crippen molar-refractivity contribution < 1.29 is 0 Å². The molecule has 0 atom stereocenters. The number of rotatable bonds is 2.